The van der Waals surface area contributed by atoms with Crippen LogP contribution in [0.1, 0.15) is 12.0 Å². The zero-order valence-electron chi connectivity index (χ0n) is 12.8. The molecule has 0 N–H and O–H groups in total. The van der Waals surface area contributed by atoms with Crippen molar-refractivity contribution in [3.63, 3.8) is 0 Å². The second-order valence-corrected chi connectivity index (χ2v) is 9.09. The second kappa shape index (κ2) is 6.18. The average molecular weight is 367 g/mol. The van der Waals surface area contributed by atoms with Crippen LogP contribution in [0.25, 0.3) is 0 Å². The molecule has 2 heterocycles. The third-order valence-electron chi connectivity index (χ3n) is 3.95. The first-order valence-electron chi connectivity index (χ1n) is 7.21. The van der Waals surface area contributed by atoms with E-state index < -0.39 is 27.6 Å². The molecule has 2 atom stereocenters. The number of carbonyl (C=O) groups is 1. The number of hydrogen-bond acceptors (Lipinski definition) is 5. The number of fused-ring (bicyclic) bond motifs is 1. The molecule has 2 aliphatic heterocycles. The summed E-state index contributed by atoms with van der Waals surface area (Å²) < 4.78 is 37.8. The number of benzene rings is 1. The van der Waals surface area contributed by atoms with Crippen molar-refractivity contribution in [2.75, 3.05) is 16.4 Å². The fourth-order valence-corrected chi connectivity index (χ4v) is 6.74. The molecule has 0 aromatic heterocycles. The highest BCUT2D eigenvalue weighted by Gasteiger charge is 2.49. The lowest BCUT2D eigenvalue weighted by Gasteiger charge is -2.24. The second-order valence-electron chi connectivity index (χ2n) is 5.73. The molecule has 0 aliphatic carbocycles. The van der Waals surface area contributed by atoms with Crippen LogP contribution in [0.3, 0.4) is 0 Å². The summed E-state index contributed by atoms with van der Waals surface area (Å²) in [6.07, 6.45) is -0.353. The lowest BCUT2D eigenvalue weighted by atomic mass is 10.1. The number of nitriles is 1. The number of nitrogens with zero attached hydrogens (tertiary/aromatic N) is 3. The van der Waals surface area contributed by atoms with E-state index in [1.807, 2.05) is 0 Å². The van der Waals surface area contributed by atoms with Crippen molar-refractivity contribution < 1.29 is 17.6 Å². The van der Waals surface area contributed by atoms with Crippen molar-refractivity contribution in [3.8, 4) is 6.07 Å². The third kappa shape index (κ3) is 3.16. The van der Waals surface area contributed by atoms with Crippen LogP contribution in [0.5, 0.6) is 0 Å². The van der Waals surface area contributed by atoms with Gasteiger partial charge in [-0.1, -0.05) is 17.8 Å². The zero-order chi connectivity index (χ0) is 17.5. The van der Waals surface area contributed by atoms with E-state index in [-0.39, 0.29) is 23.2 Å². The van der Waals surface area contributed by atoms with Crippen molar-refractivity contribution >= 4 is 38.4 Å². The summed E-state index contributed by atoms with van der Waals surface area (Å²) in [5.41, 5.74) is 0.930. The molecular formula is C15H14FN3O3S2. The molecule has 1 amide bonds. The Morgan fingerprint density at radius 2 is 2.25 bits per heavy atom. The Morgan fingerprint density at radius 1 is 1.50 bits per heavy atom. The molecule has 9 heteroatoms. The summed E-state index contributed by atoms with van der Waals surface area (Å²) in [4.78, 5) is 17.2. The summed E-state index contributed by atoms with van der Waals surface area (Å²) in [6.45, 7) is 1.63. The van der Waals surface area contributed by atoms with Gasteiger partial charge < -0.3 is 4.90 Å². The smallest absolute Gasteiger partial charge is 0.262 e. The van der Waals surface area contributed by atoms with Crippen LogP contribution in [0, 0.1) is 24.1 Å². The number of halogens is 1. The quantitative estimate of drug-likeness (QED) is 0.789. The minimum Gasteiger partial charge on any atom is -0.315 e. The Kier molecular flexibility index (Phi) is 4.36. The van der Waals surface area contributed by atoms with E-state index in [0.29, 0.717) is 16.4 Å². The van der Waals surface area contributed by atoms with Crippen LogP contribution in [0.15, 0.2) is 23.2 Å². The Balaban J connectivity index is 2.03. The number of carbonyl (C=O) groups excluding carboxylic acids is 1. The zero-order valence-corrected chi connectivity index (χ0v) is 14.4. The van der Waals surface area contributed by atoms with Crippen molar-refractivity contribution in [2.24, 2.45) is 4.99 Å². The third-order valence-corrected chi connectivity index (χ3v) is 7.16. The number of aliphatic imine (C=N–C) groups is 1. The number of hydrogen-bond donors (Lipinski definition) is 0. The molecule has 3 rings (SSSR count). The highest BCUT2D eigenvalue weighted by atomic mass is 32.2. The Morgan fingerprint density at radius 3 is 2.92 bits per heavy atom. The molecular weight excluding hydrogens is 353 g/mol. The van der Waals surface area contributed by atoms with Gasteiger partial charge in [0.15, 0.2) is 15.0 Å². The van der Waals surface area contributed by atoms with Crippen molar-refractivity contribution in [1.29, 1.82) is 5.26 Å². The minimum absolute atomic E-state index is 0.00135. The molecule has 0 bridgehead atoms. The maximum atomic E-state index is 13.9. The van der Waals surface area contributed by atoms with Crippen molar-refractivity contribution in [3.05, 3.63) is 29.6 Å². The maximum Gasteiger partial charge on any atom is 0.262 e. The van der Waals surface area contributed by atoms with Gasteiger partial charge in [0.2, 0.25) is 0 Å². The van der Waals surface area contributed by atoms with Gasteiger partial charge in [-0.25, -0.2) is 12.8 Å². The Hall–Kier alpha value is -1.92. The SMILES string of the molecule is Cc1ccc(N2C(=NC(=O)CC#N)S[C@@H]3CS(=O)(=O)C[C@@H]32)cc1F. The number of rotatable bonds is 2. The normalized spacial score (nSPS) is 26.4. The van der Waals surface area contributed by atoms with Crippen LogP contribution in [0.2, 0.25) is 0 Å². The van der Waals surface area contributed by atoms with E-state index in [1.165, 1.54) is 17.8 Å². The lowest BCUT2D eigenvalue weighted by molar-refractivity contribution is -0.116. The number of amides is 1. The van der Waals surface area contributed by atoms with Gasteiger partial charge in [0.25, 0.3) is 5.91 Å². The van der Waals surface area contributed by atoms with E-state index in [4.69, 9.17) is 5.26 Å². The first kappa shape index (κ1) is 16.9. The number of amidine groups is 1. The van der Waals surface area contributed by atoms with Gasteiger partial charge >= 0.3 is 0 Å². The molecule has 126 valence electrons. The Bertz CT molecular complexity index is 876. The van der Waals surface area contributed by atoms with Gasteiger partial charge in [-0.3, -0.25) is 4.79 Å². The molecule has 1 aromatic carbocycles. The first-order chi connectivity index (χ1) is 11.3. The van der Waals surface area contributed by atoms with Crippen molar-refractivity contribution in [2.45, 2.75) is 24.6 Å². The summed E-state index contributed by atoms with van der Waals surface area (Å²) >= 11 is 1.19. The molecule has 0 radical (unpaired) electrons. The van der Waals surface area contributed by atoms with Crippen molar-refractivity contribution in [1.82, 2.24) is 0 Å². The van der Waals surface area contributed by atoms with Gasteiger partial charge in [0.1, 0.15) is 12.2 Å². The van der Waals surface area contributed by atoms with E-state index in [2.05, 4.69) is 4.99 Å². The van der Waals surface area contributed by atoms with Gasteiger partial charge in [0, 0.05) is 10.9 Å². The molecule has 0 saturated carbocycles. The standard InChI is InChI=1S/C15H14FN3O3S2/c1-9-2-3-10(6-11(9)16)19-12-7-24(21,22)8-13(12)23-15(19)18-14(20)4-5-17/h2-3,6,12-13H,4,7-8H2,1H3/t12-,13+/m0/s1. The Labute approximate surface area is 143 Å². The summed E-state index contributed by atoms with van der Waals surface area (Å²) in [6, 6.07) is 5.93. The van der Waals surface area contributed by atoms with Crippen LogP contribution in [0.4, 0.5) is 10.1 Å². The monoisotopic (exact) mass is 367 g/mol. The molecule has 2 saturated heterocycles. The summed E-state index contributed by atoms with van der Waals surface area (Å²) in [7, 11) is -3.18. The van der Waals surface area contributed by atoms with E-state index in [1.54, 1.807) is 30.0 Å². The van der Waals surface area contributed by atoms with Gasteiger partial charge in [-0.05, 0) is 24.6 Å². The maximum absolute atomic E-state index is 13.9. The molecule has 2 fully saturated rings. The van der Waals surface area contributed by atoms with Gasteiger partial charge in [-0.2, -0.15) is 10.3 Å². The summed E-state index contributed by atoms with van der Waals surface area (Å²) in [5.74, 6) is -1.07. The molecule has 6 nitrogen and oxygen atoms in total. The first-order valence-corrected chi connectivity index (χ1v) is 9.92. The van der Waals surface area contributed by atoms with Crippen LogP contribution >= 0.6 is 11.8 Å². The lowest BCUT2D eigenvalue weighted by Crippen LogP contribution is -2.37. The predicted molar refractivity (Wildman–Crippen MR) is 90.1 cm³/mol. The fourth-order valence-electron chi connectivity index (χ4n) is 2.81. The molecule has 0 unspecified atom stereocenters. The number of aryl methyl sites for hydroxylation is 1. The van der Waals surface area contributed by atoms with Crippen LogP contribution < -0.4 is 4.90 Å². The highest BCUT2D eigenvalue weighted by molar-refractivity contribution is 8.16. The predicted octanol–water partition coefficient (Wildman–Crippen LogP) is 1.65. The van der Waals surface area contributed by atoms with Crippen LogP contribution in [-0.4, -0.2) is 42.3 Å². The topological polar surface area (TPSA) is 90.6 Å². The van der Waals surface area contributed by atoms with Gasteiger partial charge in [-0.15, -0.1) is 0 Å². The van der Waals surface area contributed by atoms with E-state index >= 15 is 0 Å². The molecule has 24 heavy (non-hydrogen) atoms. The minimum atomic E-state index is -3.18. The van der Waals surface area contributed by atoms with Gasteiger partial charge in [0.05, 0.1) is 23.6 Å². The highest BCUT2D eigenvalue weighted by Crippen LogP contribution is 2.41. The molecule has 1 aromatic rings. The van der Waals surface area contributed by atoms with Crippen LogP contribution in [-0.2, 0) is 14.6 Å². The largest absolute Gasteiger partial charge is 0.315 e. The van der Waals surface area contributed by atoms with E-state index in [9.17, 15) is 17.6 Å². The molecule has 2 aliphatic rings. The molecule has 0 spiro atoms. The van der Waals surface area contributed by atoms with E-state index in [0.717, 1.165) is 0 Å². The fraction of sp³-hybridized carbons (Fsp3) is 0.400. The summed E-state index contributed by atoms with van der Waals surface area (Å²) in [5, 5.41) is 8.67. The average Bonchev–Trinajstić information content (AvgIpc) is 2.93. The number of thioether (sulfide) groups is 1. The number of sulfone groups is 1. The number of anilines is 1.